The highest BCUT2D eigenvalue weighted by atomic mass is 16.2. The van der Waals surface area contributed by atoms with Crippen LogP contribution in [-0.4, -0.2) is 30.0 Å². The molecule has 0 aliphatic carbocycles. The van der Waals surface area contributed by atoms with Crippen LogP contribution in [0.3, 0.4) is 0 Å². The highest BCUT2D eigenvalue weighted by molar-refractivity contribution is 5.81. The monoisotopic (exact) mass is 264 g/mol. The molecule has 0 aromatic carbocycles. The van der Waals surface area contributed by atoms with Gasteiger partial charge in [-0.1, -0.05) is 13.8 Å². The molecule has 5 nitrogen and oxygen atoms in total. The molecular formula is C14H24N4O. The number of amides is 1. The summed E-state index contributed by atoms with van der Waals surface area (Å²) in [4.78, 5) is 18.1. The zero-order chi connectivity index (χ0) is 14.4. The van der Waals surface area contributed by atoms with E-state index in [0.717, 1.165) is 5.82 Å². The van der Waals surface area contributed by atoms with Crippen LogP contribution in [0, 0.1) is 5.92 Å². The summed E-state index contributed by atoms with van der Waals surface area (Å²) in [5.74, 6) is 1.23. The molecule has 5 heteroatoms. The fraction of sp³-hybridized carbons (Fsp3) is 0.571. The van der Waals surface area contributed by atoms with E-state index in [9.17, 15) is 4.79 Å². The van der Waals surface area contributed by atoms with Crippen LogP contribution in [0.5, 0.6) is 0 Å². The van der Waals surface area contributed by atoms with Crippen molar-refractivity contribution in [1.82, 2.24) is 10.3 Å². The van der Waals surface area contributed by atoms with E-state index in [-0.39, 0.29) is 11.9 Å². The molecule has 0 aliphatic heterocycles. The van der Waals surface area contributed by atoms with Crippen molar-refractivity contribution < 1.29 is 4.79 Å². The van der Waals surface area contributed by atoms with Crippen molar-refractivity contribution >= 4 is 17.4 Å². The summed E-state index contributed by atoms with van der Waals surface area (Å²) in [6.45, 7) is 9.22. The maximum atomic E-state index is 11.9. The van der Waals surface area contributed by atoms with Crippen molar-refractivity contribution in [1.29, 1.82) is 0 Å². The van der Waals surface area contributed by atoms with Crippen molar-refractivity contribution in [2.45, 2.75) is 33.7 Å². The number of rotatable bonds is 6. The Kier molecular flexibility index (Phi) is 5.60. The van der Waals surface area contributed by atoms with E-state index < -0.39 is 0 Å². The Balaban J connectivity index is 2.68. The van der Waals surface area contributed by atoms with Gasteiger partial charge >= 0.3 is 0 Å². The molecule has 3 N–H and O–H groups in total. The van der Waals surface area contributed by atoms with Crippen molar-refractivity contribution in [3.05, 3.63) is 18.3 Å². The van der Waals surface area contributed by atoms with Crippen LogP contribution >= 0.6 is 0 Å². The molecule has 0 spiro atoms. The van der Waals surface area contributed by atoms with Gasteiger partial charge in [0, 0.05) is 12.6 Å². The van der Waals surface area contributed by atoms with E-state index in [1.165, 1.54) is 0 Å². The highest BCUT2D eigenvalue weighted by Crippen LogP contribution is 2.14. The van der Waals surface area contributed by atoms with Crippen molar-refractivity contribution in [3.63, 3.8) is 0 Å². The Morgan fingerprint density at radius 3 is 2.53 bits per heavy atom. The minimum Gasteiger partial charge on any atom is -0.397 e. The molecule has 1 aromatic heterocycles. The van der Waals surface area contributed by atoms with Crippen LogP contribution in [0.15, 0.2) is 18.3 Å². The summed E-state index contributed by atoms with van der Waals surface area (Å²) >= 11 is 0. The number of hydrogen-bond donors (Lipinski definition) is 2. The molecule has 1 amide bonds. The molecule has 0 fully saturated rings. The van der Waals surface area contributed by atoms with Crippen molar-refractivity contribution in [3.8, 4) is 0 Å². The number of nitrogens with zero attached hydrogens (tertiary/aromatic N) is 2. The zero-order valence-electron chi connectivity index (χ0n) is 12.2. The van der Waals surface area contributed by atoms with Crippen molar-refractivity contribution in [2.75, 3.05) is 23.7 Å². The molecule has 0 atom stereocenters. The van der Waals surface area contributed by atoms with Gasteiger partial charge in [0.25, 0.3) is 0 Å². The van der Waals surface area contributed by atoms with Crippen LogP contribution in [0.4, 0.5) is 11.5 Å². The van der Waals surface area contributed by atoms with Gasteiger partial charge in [-0.05, 0) is 31.9 Å². The predicted molar refractivity (Wildman–Crippen MR) is 79.0 cm³/mol. The van der Waals surface area contributed by atoms with Crippen LogP contribution in [-0.2, 0) is 4.79 Å². The lowest BCUT2D eigenvalue weighted by Crippen LogP contribution is -2.42. The first kappa shape index (κ1) is 15.3. The first-order valence-corrected chi connectivity index (χ1v) is 6.65. The number of anilines is 2. The fourth-order valence-electron chi connectivity index (χ4n) is 1.62. The van der Waals surface area contributed by atoms with Crippen LogP contribution < -0.4 is 16.0 Å². The summed E-state index contributed by atoms with van der Waals surface area (Å²) in [5, 5.41) is 2.92. The summed E-state index contributed by atoms with van der Waals surface area (Å²) in [7, 11) is 0. The summed E-state index contributed by atoms with van der Waals surface area (Å²) in [6, 6.07) is 3.83. The molecule has 0 unspecified atom stereocenters. The van der Waals surface area contributed by atoms with E-state index in [1.807, 2.05) is 24.8 Å². The minimum atomic E-state index is 0.0148. The molecule has 0 bridgehead atoms. The third-order valence-corrected chi connectivity index (χ3v) is 2.71. The van der Waals surface area contributed by atoms with E-state index in [4.69, 9.17) is 5.73 Å². The Hall–Kier alpha value is -1.78. The van der Waals surface area contributed by atoms with Crippen LogP contribution in [0.1, 0.15) is 27.7 Å². The number of pyridine rings is 1. The predicted octanol–water partition coefficient (Wildman–Crippen LogP) is 1.65. The standard InChI is InChI=1S/C14H24N4O/c1-10(2)7-17-14(19)9-18(11(3)4)13-6-5-12(15)8-16-13/h5-6,8,10-11H,7,9,15H2,1-4H3,(H,17,19). The highest BCUT2D eigenvalue weighted by Gasteiger charge is 2.15. The van der Waals surface area contributed by atoms with Gasteiger partial charge in [0.05, 0.1) is 18.4 Å². The minimum absolute atomic E-state index is 0.0148. The van der Waals surface area contributed by atoms with Crippen LogP contribution in [0.25, 0.3) is 0 Å². The van der Waals surface area contributed by atoms with Gasteiger partial charge < -0.3 is 16.0 Å². The summed E-state index contributed by atoms with van der Waals surface area (Å²) < 4.78 is 0. The molecule has 0 radical (unpaired) electrons. The first-order chi connectivity index (χ1) is 8.90. The van der Waals surface area contributed by atoms with Crippen molar-refractivity contribution in [2.24, 2.45) is 5.92 Å². The Morgan fingerprint density at radius 2 is 2.05 bits per heavy atom. The average Bonchev–Trinajstić information content (AvgIpc) is 2.34. The van der Waals surface area contributed by atoms with Gasteiger partial charge in [-0.3, -0.25) is 4.79 Å². The fourth-order valence-corrected chi connectivity index (χ4v) is 1.62. The second-order valence-corrected chi connectivity index (χ2v) is 5.37. The molecule has 19 heavy (non-hydrogen) atoms. The summed E-state index contributed by atoms with van der Waals surface area (Å²) in [6.07, 6.45) is 1.61. The van der Waals surface area contributed by atoms with Crippen LogP contribution in [0.2, 0.25) is 0 Å². The third-order valence-electron chi connectivity index (χ3n) is 2.71. The maximum absolute atomic E-state index is 11.9. The number of carbonyl (C=O) groups excluding carboxylic acids is 1. The quantitative estimate of drug-likeness (QED) is 0.819. The lowest BCUT2D eigenvalue weighted by atomic mass is 10.2. The second kappa shape index (κ2) is 6.97. The zero-order valence-corrected chi connectivity index (χ0v) is 12.2. The molecule has 0 saturated carbocycles. The maximum Gasteiger partial charge on any atom is 0.239 e. The topological polar surface area (TPSA) is 71.2 Å². The lowest BCUT2D eigenvalue weighted by Gasteiger charge is -2.27. The summed E-state index contributed by atoms with van der Waals surface area (Å²) in [5.41, 5.74) is 6.25. The third kappa shape index (κ3) is 5.16. The Morgan fingerprint density at radius 1 is 1.37 bits per heavy atom. The van der Waals surface area contributed by atoms with Gasteiger partial charge in [-0.25, -0.2) is 4.98 Å². The number of nitrogens with one attached hydrogen (secondary N) is 1. The molecular weight excluding hydrogens is 240 g/mol. The number of hydrogen-bond acceptors (Lipinski definition) is 4. The first-order valence-electron chi connectivity index (χ1n) is 6.65. The molecule has 1 rings (SSSR count). The van der Waals surface area contributed by atoms with Gasteiger partial charge in [-0.15, -0.1) is 0 Å². The normalized spacial score (nSPS) is 10.8. The second-order valence-electron chi connectivity index (χ2n) is 5.37. The van der Waals surface area contributed by atoms with E-state index in [2.05, 4.69) is 24.1 Å². The molecule has 0 aliphatic rings. The number of nitrogens with two attached hydrogens (primary N) is 1. The van der Waals surface area contributed by atoms with E-state index in [0.29, 0.717) is 24.7 Å². The van der Waals surface area contributed by atoms with Gasteiger partial charge in [-0.2, -0.15) is 0 Å². The smallest absolute Gasteiger partial charge is 0.239 e. The van der Waals surface area contributed by atoms with Gasteiger partial charge in [0.1, 0.15) is 5.82 Å². The Bertz CT molecular complexity index is 400. The number of aromatic nitrogens is 1. The molecule has 0 saturated heterocycles. The number of carbonyl (C=O) groups is 1. The number of nitrogen functional groups attached to an aromatic ring is 1. The SMILES string of the molecule is CC(C)CNC(=O)CN(c1ccc(N)cn1)C(C)C. The average molecular weight is 264 g/mol. The molecule has 106 valence electrons. The van der Waals surface area contributed by atoms with Gasteiger partial charge in [0.15, 0.2) is 0 Å². The van der Waals surface area contributed by atoms with Gasteiger partial charge in [0.2, 0.25) is 5.91 Å². The Labute approximate surface area is 115 Å². The largest absolute Gasteiger partial charge is 0.397 e. The lowest BCUT2D eigenvalue weighted by molar-refractivity contribution is -0.120. The van der Waals surface area contributed by atoms with E-state index >= 15 is 0 Å². The van der Waals surface area contributed by atoms with E-state index in [1.54, 1.807) is 12.3 Å². The molecule has 1 heterocycles. The molecule has 1 aromatic rings.